The van der Waals surface area contributed by atoms with Gasteiger partial charge in [0.15, 0.2) is 5.60 Å². The Labute approximate surface area is 859 Å². The number of piperidine rings is 1. The number of ether oxygens (including phenoxy) is 9. The van der Waals surface area contributed by atoms with Gasteiger partial charge < -0.3 is 76.6 Å². The van der Waals surface area contributed by atoms with Gasteiger partial charge >= 0.3 is 24.1 Å². The Kier molecular flexibility index (Phi) is 39.2. The number of benzene rings is 3. The third kappa shape index (κ3) is 25.8. The van der Waals surface area contributed by atoms with E-state index in [9.17, 15) is 69.9 Å². The summed E-state index contributed by atoms with van der Waals surface area (Å²) in [6.07, 6.45) is 8.28. The predicted molar refractivity (Wildman–Crippen MR) is 501 cm³/mol. The molecule has 6 bridgehead atoms. The van der Waals surface area contributed by atoms with E-state index in [0.717, 1.165) is 44.0 Å². The van der Waals surface area contributed by atoms with Crippen molar-refractivity contribution in [3.05, 3.63) is 71.7 Å². The number of rotatable bonds is 8. The van der Waals surface area contributed by atoms with Crippen molar-refractivity contribution in [1.29, 1.82) is 0 Å². The van der Waals surface area contributed by atoms with Gasteiger partial charge in [-0.3, -0.25) is 33.6 Å². The summed E-state index contributed by atoms with van der Waals surface area (Å²) in [4.78, 5) is 168. The zero-order valence-electron chi connectivity index (χ0n) is 83.9. The molecular weight excluding hydrogens is 1940 g/mol. The minimum atomic E-state index is -4.75. The van der Waals surface area contributed by atoms with E-state index in [0.29, 0.717) is 177 Å². The Morgan fingerprint density at radius 1 is 0.454 bits per heavy atom. The summed E-state index contributed by atoms with van der Waals surface area (Å²) in [6.45, 7) is 24.4. The number of methoxy groups -OCH3 is 3. The number of aromatic nitrogens is 6. The number of aryl methyl sites for hydroxylation is 3. The molecule has 10 heterocycles. The Hall–Kier alpha value is -8.82. The third-order valence-corrected chi connectivity index (χ3v) is 30.3. The smallest absolute Gasteiger partial charge is 0.428 e. The molecule has 3 aromatic heterocycles. The van der Waals surface area contributed by atoms with Crippen molar-refractivity contribution in [3.63, 3.8) is 0 Å². The molecule has 15 rings (SSSR count). The second-order valence-corrected chi connectivity index (χ2v) is 42.3. The van der Waals surface area contributed by atoms with Gasteiger partial charge in [0.2, 0.25) is 46.9 Å². The van der Waals surface area contributed by atoms with Crippen molar-refractivity contribution >= 4 is 93.5 Å². The van der Waals surface area contributed by atoms with Crippen LogP contribution in [0.15, 0.2) is 54.6 Å². The topological polar surface area (TPSA) is 344 Å². The number of nitrogens with zero attached hydrogens (tertiary/aromatic N) is 10. The molecule has 6 fully saturated rings. The molecule has 37 heteroatoms. The number of carbonyl (C=O) groups is 7. The molecule has 2 saturated carbocycles. The van der Waals surface area contributed by atoms with E-state index in [4.69, 9.17) is 72.5 Å². The molecule has 769 valence electrons. The summed E-state index contributed by atoms with van der Waals surface area (Å²) in [6, 6.07) is 13.3. The van der Waals surface area contributed by atoms with Crippen LogP contribution in [0, 0.1) is 63.6 Å². The van der Waals surface area contributed by atoms with Gasteiger partial charge in [-0.2, -0.15) is 13.2 Å². The summed E-state index contributed by atoms with van der Waals surface area (Å²) in [5.41, 5.74) is -0.829. The van der Waals surface area contributed by atoms with E-state index >= 15 is 0 Å². The molecule has 4 amide bonds. The molecule has 29 nitrogen and oxygen atoms in total. The summed E-state index contributed by atoms with van der Waals surface area (Å²) < 4.78 is 127. The van der Waals surface area contributed by atoms with E-state index in [1.54, 1.807) is 73.3 Å². The molecule has 18 atom stereocenters. The molecule has 2 aliphatic carbocycles. The van der Waals surface area contributed by atoms with Crippen LogP contribution in [0.2, 0.25) is 0 Å². The van der Waals surface area contributed by atoms with Crippen molar-refractivity contribution in [2.75, 3.05) is 47.5 Å². The van der Waals surface area contributed by atoms with Gasteiger partial charge in [0, 0.05) is 99.2 Å². The van der Waals surface area contributed by atoms with Gasteiger partial charge in [0.05, 0.1) is 117 Å². The Morgan fingerprint density at radius 2 is 0.830 bits per heavy atom. The zero-order chi connectivity index (χ0) is 99.8. The molecule has 3 aromatic carbocycles. The summed E-state index contributed by atoms with van der Waals surface area (Å²) in [5, 5.41) is 0. The third-order valence-electron chi connectivity index (χ3n) is 30.3. The van der Waals surface area contributed by atoms with Crippen LogP contribution in [0.3, 0.4) is 0 Å². The Bertz CT molecular complexity index is 5400. The quantitative estimate of drug-likeness (QED) is 0.0591. The molecule has 6 aromatic rings. The van der Waals surface area contributed by atoms with Crippen LogP contribution in [0.25, 0.3) is 33.1 Å². The second-order valence-electron chi connectivity index (χ2n) is 42.3. The van der Waals surface area contributed by atoms with Gasteiger partial charge in [-0.25, -0.2) is 57.5 Å². The second kappa shape index (κ2) is 48.5. The van der Waals surface area contributed by atoms with Crippen molar-refractivity contribution in [2.45, 2.75) is 336 Å². The Balaban J connectivity index is 0.000000215. The van der Waals surface area contributed by atoms with Crippen molar-refractivity contribution < 1.29 is 168 Å². The number of esters is 3. The summed E-state index contributed by atoms with van der Waals surface area (Å²) in [5.74, 6) is -6.04. The minimum Gasteiger partial charge on any atom is -0.540 e. The first-order chi connectivity index (χ1) is 65.5. The number of likely N-dealkylation sites (tertiary alicyclic amines) is 1. The average molecular weight is 2080 g/mol. The van der Waals surface area contributed by atoms with Gasteiger partial charge in [-0.1, -0.05) is 146 Å². The standard InChI is InChI=1S/C35H45F3N3O6.C35H47N4O7.C34H44F2N3O6.3V/c1-6-23-28(20-42)41-19-29(23)46-31-26(39-25-15-14-22(45-5)17-27(25)40-31)13-9-7-8-11-21-12-10-16-34(21,35(36,37)38)47-30(43)18-24(32(41)44)33(2,3)4;1-21-29(20-40)39-19-31(21)46-33-26(36-25-15-14-23(44-6)17-27(25)37-33)11-8-7-9-12-28-30(13-10-16-38(28)22(2)41)45-32(42)18-24(34(39)43)35(3,4)5;1-20-27(19-40)39-18-28(20)44-30-25(37-24-14-13-22(43-5)16-26(24)38-30)12-8-6-7-10-21-11-9-15-34(21,32(35)36)45-29(41)17-23(31(39)42)33(2,3)4;;;/h14-15,17,21,23-24,28-29H,6-13,16,18-19H2,1-5H3;14-15,17,21,24,28-31H,7-13,16,18-19H2,1-6H3;13-14,16,20-21,23,27-28,32H,6-12,15,17-18H2,1-5H3;;;/q3*-1;;;/t21-,23+,24-,28-,29+,34-;21-,24+,28-,29+,30+,31-;20-,21+,23+,27+,28-,34+;;;/m100.../s1. The normalized spacial score (nSPS) is 28.8. The van der Waals surface area contributed by atoms with Crippen LogP contribution in [0.1, 0.15) is 261 Å². The molecule has 0 N–H and O–H groups in total. The molecular formula is C104H136F5N10O19V3-3. The van der Waals surface area contributed by atoms with Crippen LogP contribution in [0.5, 0.6) is 34.9 Å². The van der Waals surface area contributed by atoms with Crippen LogP contribution < -0.4 is 28.4 Å². The van der Waals surface area contributed by atoms with E-state index in [-0.39, 0.29) is 137 Å². The monoisotopic (exact) mass is 2080 g/mol. The van der Waals surface area contributed by atoms with Crippen molar-refractivity contribution in [3.8, 4) is 34.9 Å². The maximum absolute atomic E-state index is 14.8. The minimum absolute atomic E-state index is 0. The number of hydrogen-bond donors (Lipinski definition) is 0. The fraction of sp³-hybridized carbons (Fsp3) is 0.673. The molecule has 0 spiro atoms. The van der Waals surface area contributed by atoms with Gasteiger partial charge in [-0.05, 0) is 180 Å². The Morgan fingerprint density at radius 3 is 1.23 bits per heavy atom. The maximum Gasteiger partial charge on any atom is 0.428 e. The molecule has 3 radical (unpaired) electrons. The molecule has 141 heavy (non-hydrogen) atoms. The first-order valence-corrected chi connectivity index (χ1v) is 49.3. The maximum atomic E-state index is 14.8. The van der Waals surface area contributed by atoms with E-state index < -0.39 is 160 Å². The number of amides is 4. The zero-order valence-corrected chi connectivity index (χ0v) is 88.1. The molecule has 4 saturated heterocycles. The largest absolute Gasteiger partial charge is 0.540 e. The van der Waals surface area contributed by atoms with Gasteiger partial charge in [-0.15, -0.1) is 0 Å². The molecule has 7 aliphatic heterocycles. The van der Waals surface area contributed by atoms with Crippen LogP contribution in [-0.2, 0) is 137 Å². The van der Waals surface area contributed by atoms with E-state index in [2.05, 4.69) is 6.29 Å². The van der Waals surface area contributed by atoms with Crippen LogP contribution in [0.4, 0.5) is 22.0 Å². The number of hydrogen-bond acceptors (Lipinski definition) is 25. The molecule has 0 unspecified atom stereocenters. The fourth-order valence-corrected chi connectivity index (χ4v) is 22.1. The number of halogens is 5. The first-order valence-electron chi connectivity index (χ1n) is 49.3. The summed E-state index contributed by atoms with van der Waals surface area (Å²) in [7, 11) is 4.72. The van der Waals surface area contributed by atoms with Gasteiger partial charge in [0.1, 0.15) is 58.7 Å². The van der Waals surface area contributed by atoms with Crippen LogP contribution >= 0.6 is 0 Å². The number of fused-ring (bicyclic) bond motifs is 15. The van der Waals surface area contributed by atoms with E-state index in [1.165, 1.54) is 14.7 Å². The fourth-order valence-electron chi connectivity index (χ4n) is 22.1. The molecule has 9 aliphatic rings. The summed E-state index contributed by atoms with van der Waals surface area (Å²) >= 11 is 0. The first kappa shape index (κ1) is 114. The number of alkyl halides is 5. The van der Waals surface area contributed by atoms with Gasteiger partial charge in [0.25, 0.3) is 6.43 Å². The van der Waals surface area contributed by atoms with Crippen LogP contribution in [-0.4, -0.2) is 230 Å². The average Bonchev–Trinajstić information content (AvgIpc) is 1.71. The van der Waals surface area contributed by atoms with Crippen molar-refractivity contribution in [2.24, 2.45) is 63.6 Å². The predicted octanol–water partition coefficient (Wildman–Crippen LogP) is 16.8. The van der Waals surface area contributed by atoms with E-state index in [1.807, 2.05) is 110 Å². The SMILES string of the molecule is CC[C@@H]1[C@@H]2CN(C(=O)[C@H](C(C)(C)C)CC(=O)O[C@]3(C(F)(F)F)CCC[C@H]3CCCCCc3nc4ccc(OC)cc4nc3O2)[C@@H]1[C-]=O.COc1ccc2nc3c(nc2c1)O[C@H]1CN(C(=O)[C@H](C(C)(C)C)CC(=O)O[C@@H]2CCCN(C(C)=O)[C@H]2CCCCC3)[C@H]([C-]=O)[C@@H]1C.COc1ccc2nc3c(nc2c1)O[C@H]1CN(C(=O)[C@H](C(C)(C)C)CC(=O)O[C@]2(C(F)F)CCC[C@H]2CCCCC3)[C@H]([C-]=O)[C@@H]1C.[V].[V].[V]. The number of carbonyl (C=O) groups excluding carboxylic acids is 10. The van der Waals surface area contributed by atoms with Crippen molar-refractivity contribution in [1.82, 2.24) is 49.5 Å².